The Hall–Kier alpha value is -3.56. The van der Waals surface area contributed by atoms with Crippen LogP contribution < -0.4 is 19.7 Å². The third kappa shape index (κ3) is 11.5. The standard InChI is InChI=1S/C39H54N4O4S/c1-2-3-4-5-6-7-8-9-10-11-22-40-39(44)47-31-46-38-20-18-32-17-19-33(30-35(32)41-38)45-28-13-12-23-42-24-26-43(27-25-42)36-15-14-16-37-34(36)21-29-48-37/h14-21,29-30H,2-13,22-28,31H2,1H3,(H,40,44). The Morgan fingerprint density at radius 3 is 2.42 bits per heavy atom. The van der Waals surface area contributed by atoms with Gasteiger partial charge in [-0.15, -0.1) is 11.3 Å². The summed E-state index contributed by atoms with van der Waals surface area (Å²) >= 11 is 1.82. The Kier molecular flexibility index (Phi) is 14.9. The van der Waals surface area contributed by atoms with Gasteiger partial charge in [0, 0.05) is 66.0 Å². The van der Waals surface area contributed by atoms with Gasteiger partial charge < -0.3 is 24.4 Å². The summed E-state index contributed by atoms with van der Waals surface area (Å²) in [4.78, 5) is 21.7. The van der Waals surface area contributed by atoms with Crippen LogP contribution in [0.3, 0.4) is 0 Å². The number of nitrogens with one attached hydrogen (secondary N) is 1. The predicted molar refractivity (Wildman–Crippen MR) is 199 cm³/mol. The molecule has 8 nitrogen and oxygen atoms in total. The lowest BCUT2D eigenvalue weighted by Gasteiger charge is -2.36. The quantitative estimate of drug-likeness (QED) is 0.0697. The number of thiophene rings is 1. The van der Waals surface area contributed by atoms with E-state index in [1.807, 2.05) is 35.6 Å². The molecule has 0 saturated carbocycles. The highest BCUT2D eigenvalue weighted by molar-refractivity contribution is 7.17. The molecular formula is C39H54N4O4S. The van der Waals surface area contributed by atoms with Gasteiger partial charge in [0.1, 0.15) is 5.75 Å². The van der Waals surface area contributed by atoms with Crippen LogP contribution in [-0.2, 0) is 4.74 Å². The van der Waals surface area contributed by atoms with Crippen LogP contribution in [0.4, 0.5) is 10.5 Å². The Labute approximate surface area is 290 Å². The molecule has 1 aliphatic heterocycles. The van der Waals surface area contributed by atoms with E-state index in [0.717, 1.165) is 75.1 Å². The van der Waals surface area contributed by atoms with Crippen LogP contribution in [0.2, 0.25) is 0 Å². The molecule has 9 heteroatoms. The summed E-state index contributed by atoms with van der Waals surface area (Å²) < 4.78 is 18.2. The average molecular weight is 675 g/mol. The number of alkyl carbamates (subject to hydrolysis) is 1. The van der Waals surface area contributed by atoms with Crippen molar-refractivity contribution in [2.75, 3.05) is 57.6 Å². The molecule has 0 unspecified atom stereocenters. The summed E-state index contributed by atoms with van der Waals surface area (Å²) in [5, 5.41) is 7.37. The number of piperazine rings is 1. The summed E-state index contributed by atoms with van der Waals surface area (Å²) in [5.74, 6) is 1.21. The summed E-state index contributed by atoms with van der Waals surface area (Å²) in [6.07, 6.45) is 14.3. The number of aromatic nitrogens is 1. The predicted octanol–water partition coefficient (Wildman–Crippen LogP) is 9.41. The minimum atomic E-state index is -0.461. The van der Waals surface area contributed by atoms with E-state index in [9.17, 15) is 4.79 Å². The van der Waals surface area contributed by atoms with Gasteiger partial charge in [-0.25, -0.2) is 9.78 Å². The van der Waals surface area contributed by atoms with Crippen molar-refractivity contribution in [2.45, 2.75) is 84.0 Å². The van der Waals surface area contributed by atoms with Crippen LogP contribution >= 0.6 is 11.3 Å². The fraction of sp³-hybridized carbons (Fsp3) is 0.538. The van der Waals surface area contributed by atoms with Gasteiger partial charge in [0.2, 0.25) is 12.7 Å². The van der Waals surface area contributed by atoms with Crippen molar-refractivity contribution in [3.63, 3.8) is 0 Å². The first-order valence-corrected chi connectivity index (χ1v) is 19.1. The minimum Gasteiger partial charge on any atom is -0.494 e. The number of hydrogen-bond donors (Lipinski definition) is 1. The van der Waals surface area contributed by atoms with Gasteiger partial charge in [-0.1, -0.05) is 70.8 Å². The number of benzene rings is 2. The number of amides is 1. The zero-order valence-corrected chi connectivity index (χ0v) is 29.6. The molecule has 5 rings (SSSR count). The largest absolute Gasteiger partial charge is 0.494 e. The normalized spacial score (nSPS) is 13.6. The van der Waals surface area contributed by atoms with Crippen LogP contribution in [0.1, 0.15) is 84.0 Å². The molecule has 0 spiro atoms. The van der Waals surface area contributed by atoms with Gasteiger partial charge in [0.25, 0.3) is 0 Å². The van der Waals surface area contributed by atoms with E-state index < -0.39 is 6.09 Å². The zero-order valence-electron chi connectivity index (χ0n) is 28.8. The first-order valence-electron chi connectivity index (χ1n) is 18.2. The monoisotopic (exact) mass is 674 g/mol. The highest BCUT2D eigenvalue weighted by Crippen LogP contribution is 2.31. The van der Waals surface area contributed by atoms with E-state index in [0.29, 0.717) is 19.0 Å². The number of ether oxygens (including phenoxy) is 3. The second kappa shape index (κ2) is 20.1. The van der Waals surface area contributed by atoms with E-state index in [4.69, 9.17) is 14.2 Å². The van der Waals surface area contributed by atoms with Crippen LogP contribution in [0, 0.1) is 0 Å². The molecule has 2 aromatic heterocycles. The van der Waals surface area contributed by atoms with Crippen molar-refractivity contribution in [3.8, 4) is 11.6 Å². The molecule has 1 aliphatic rings. The maximum absolute atomic E-state index is 12.0. The number of anilines is 1. The van der Waals surface area contributed by atoms with Crippen molar-refractivity contribution in [1.82, 2.24) is 15.2 Å². The van der Waals surface area contributed by atoms with Crippen LogP contribution in [0.5, 0.6) is 11.6 Å². The van der Waals surface area contributed by atoms with Gasteiger partial charge in [0.05, 0.1) is 12.1 Å². The van der Waals surface area contributed by atoms with Gasteiger partial charge in [-0.05, 0) is 67.6 Å². The summed E-state index contributed by atoms with van der Waals surface area (Å²) in [7, 11) is 0. The van der Waals surface area contributed by atoms with Gasteiger partial charge in [0.15, 0.2) is 0 Å². The molecule has 2 aromatic carbocycles. The molecular weight excluding hydrogens is 621 g/mol. The van der Waals surface area contributed by atoms with Gasteiger partial charge in [-0.3, -0.25) is 4.90 Å². The fourth-order valence-electron chi connectivity index (χ4n) is 6.34. The Balaban J connectivity index is 0.913. The van der Waals surface area contributed by atoms with E-state index >= 15 is 0 Å². The second-order valence-corrected chi connectivity index (χ2v) is 13.7. The molecule has 4 aromatic rings. The summed E-state index contributed by atoms with van der Waals surface area (Å²) in [6, 6.07) is 18.6. The van der Waals surface area contributed by atoms with E-state index in [1.54, 1.807) is 6.07 Å². The number of carbonyl (C=O) groups is 1. The summed E-state index contributed by atoms with van der Waals surface area (Å²) in [5.41, 5.74) is 2.16. The second-order valence-electron chi connectivity index (χ2n) is 12.8. The highest BCUT2D eigenvalue weighted by atomic mass is 32.1. The molecule has 0 radical (unpaired) electrons. The maximum Gasteiger partial charge on any atom is 0.410 e. The topological polar surface area (TPSA) is 76.2 Å². The molecule has 0 aliphatic carbocycles. The van der Waals surface area contributed by atoms with Gasteiger partial charge in [-0.2, -0.15) is 0 Å². The number of nitrogens with zero attached hydrogens (tertiary/aromatic N) is 3. The number of fused-ring (bicyclic) bond motifs is 2. The smallest absolute Gasteiger partial charge is 0.410 e. The molecule has 1 amide bonds. The van der Waals surface area contributed by atoms with Crippen molar-refractivity contribution in [1.29, 1.82) is 0 Å². The van der Waals surface area contributed by atoms with Crippen LogP contribution in [-0.4, -0.2) is 68.6 Å². The molecule has 260 valence electrons. The zero-order chi connectivity index (χ0) is 33.2. The molecule has 1 saturated heterocycles. The molecule has 3 heterocycles. The molecule has 1 N–H and O–H groups in total. The van der Waals surface area contributed by atoms with Crippen LogP contribution in [0.25, 0.3) is 21.0 Å². The van der Waals surface area contributed by atoms with Crippen molar-refractivity contribution in [3.05, 3.63) is 60.0 Å². The molecule has 0 bridgehead atoms. The van der Waals surface area contributed by atoms with Crippen molar-refractivity contribution >= 4 is 44.1 Å². The van der Waals surface area contributed by atoms with Crippen molar-refractivity contribution in [2.24, 2.45) is 0 Å². The third-order valence-electron chi connectivity index (χ3n) is 9.16. The van der Waals surface area contributed by atoms with Crippen LogP contribution in [0.15, 0.2) is 60.0 Å². The Bertz CT molecular complexity index is 1520. The van der Waals surface area contributed by atoms with Gasteiger partial charge >= 0.3 is 6.09 Å². The van der Waals surface area contributed by atoms with E-state index in [1.165, 1.54) is 67.1 Å². The lowest BCUT2D eigenvalue weighted by Crippen LogP contribution is -2.46. The third-order valence-corrected chi connectivity index (χ3v) is 10.0. The molecule has 1 fully saturated rings. The summed E-state index contributed by atoms with van der Waals surface area (Å²) in [6.45, 7) is 8.79. The number of unbranched alkanes of at least 4 members (excludes halogenated alkanes) is 10. The maximum atomic E-state index is 12.0. The van der Waals surface area contributed by atoms with Crippen molar-refractivity contribution < 1.29 is 19.0 Å². The number of rotatable bonds is 21. The molecule has 48 heavy (non-hydrogen) atoms. The minimum absolute atomic E-state index is 0.182. The Morgan fingerprint density at radius 1 is 0.833 bits per heavy atom. The Morgan fingerprint density at radius 2 is 1.60 bits per heavy atom. The fourth-order valence-corrected chi connectivity index (χ4v) is 7.15. The number of hydrogen-bond acceptors (Lipinski definition) is 8. The lowest BCUT2D eigenvalue weighted by atomic mass is 10.1. The SMILES string of the molecule is CCCCCCCCCCCCNC(=O)OCOc1ccc2ccc(OCCCCN3CCN(c4cccc5sccc45)CC3)cc2n1. The average Bonchev–Trinajstić information content (AvgIpc) is 3.60. The van der Waals surface area contributed by atoms with E-state index in [-0.39, 0.29) is 6.79 Å². The number of pyridine rings is 1. The first kappa shape index (κ1) is 35.7. The highest BCUT2D eigenvalue weighted by Gasteiger charge is 2.18. The number of carbonyl (C=O) groups excluding carboxylic acids is 1. The molecule has 0 atom stereocenters. The van der Waals surface area contributed by atoms with E-state index in [2.05, 4.69) is 56.7 Å². The lowest BCUT2D eigenvalue weighted by molar-refractivity contribution is 0.0570. The first-order chi connectivity index (χ1) is 23.7.